The summed E-state index contributed by atoms with van der Waals surface area (Å²) in [4.78, 5) is 15.3. The van der Waals surface area contributed by atoms with Crippen LogP contribution in [0.15, 0.2) is 60.0 Å². The summed E-state index contributed by atoms with van der Waals surface area (Å²) in [6.07, 6.45) is 9.63. The molecule has 5 nitrogen and oxygen atoms in total. The number of aromatic nitrogens is 2. The Hall–Kier alpha value is -2.82. The van der Waals surface area contributed by atoms with Gasteiger partial charge in [-0.15, -0.1) is 0 Å². The van der Waals surface area contributed by atoms with Crippen molar-refractivity contribution in [1.29, 1.82) is 0 Å². The van der Waals surface area contributed by atoms with Crippen LogP contribution in [0.4, 0.5) is 0 Å². The van der Waals surface area contributed by atoms with Gasteiger partial charge in [-0.25, -0.2) is 4.68 Å². The van der Waals surface area contributed by atoms with Crippen molar-refractivity contribution >= 4 is 5.91 Å². The van der Waals surface area contributed by atoms with Gasteiger partial charge >= 0.3 is 0 Å². The highest BCUT2D eigenvalue weighted by Crippen LogP contribution is 2.29. The van der Waals surface area contributed by atoms with E-state index >= 15 is 0 Å². The number of hydrogen-bond donors (Lipinski definition) is 0. The molecule has 3 rings (SSSR count). The summed E-state index contributed by atoms with van der Waals surface area (Å²) in [5.74, 6) is 1.48. The van der Waals surface area contributed by atoms with Gasteiger partial charge in [0.25, 0.3) is 5.91 Å². The fourth-order valence-electron chi connectivity index (χ4n) is 4.22. The highest BCUT2D eigenvalue weighted by Gasteiger charge is 2.28. The van der Waals surface area contributed by atoms with Crippen LogP contribution in [-0.2, 0) is 11.2 Å². The standard InChI is InChI=1S/C25H33N3O2/c1-5-10-22(19(3)30-4)20-14-16-27(17-15-20)25(29)23-18-26-28(24(23)11-6-2)21-12-8-7-9-13-21/h5,7-10,12-13,18,20H,6,11,14-17H2,1-4H3/b10-5-,22-19-. The van der Waals surface area contributed by atoms with Crippen LogP contribution in [0.5, 0.6) is 0 Å². The first kappa shape index (κ1) is 21.9. The van der Waals surface area contributed by atoms with E-state index in [1.165, 1.54) is 5.57 Å². The molecule has 160 valence electrons. The number of hydrogen-bond acceptors (Lipinski definition) is 3. The Kier molecular flexibility index (Phi) is 7.50. The molecular weight excluding hydrogens is 374 g/mol. The number of allylic oxidation sites excluding steroid dienone is 4. The van der Waals surface area contributed by atoms with Crippen molar-refractivity contribution in [3.63, 3.8) is 0 Å². The number of benzene rings is 1. The van der Waals surface area contributed by atoms with Gasteiger partial charge in [0.05, 0.1) is 36.0 Å². The minimum Gasteiger partial charge on any atom is -0.501 e. The zero-order chi connectivity index (χ0) is 21.5. The van der Waals surface area contributed by atoms with E-state index < -0.39 is 0 Å². The van der Waals surface area contributed by atoms with Crippen molar-refractivity contribution in [3.8, 4) is 5.69 Å². The number of methoxy groups -OCH3 is 1. The lowest BCUT2D eigenvalue weighted by Crippen LogP contribution is -2.39. The quantitative estimate of drug-likeness (QED) is 0.470. The zero-order valence-electron chi connectivity index (χ0n) is 18.6. The van der Waals surface area contributed by atoms with Gasteiger partial charge in [0.2, 0.25) is 0 Å². The monoisotopic (exact) mass is 407 g/mol. The Morgan fingerprint density at radius 3 is 2.53 bits per heavy atom. The van der Waals surface area contributed by atoms with Crippen LogP contribution in [0.1, 0.15) is 56.1 Å². The maximum absolute atomic E-state index is 13.4. The van der Waals surface area contributed by atoms with Crippen LogP contribution < -0.4 is 0 Å². The largest absolute Gasteiger partial charge is 0.501 e. The second-order valence-corrected chi connectivity index (χ2v) is 7.78. The average Bonchev–Trinajstić information content (AvgIpc) is 3.21. The van der Waals surface area contributed by atoms with E-state index in [2.05, 4.69) is 24.2 Å². The van der Waals surface area contributed by atoms with Gasteiger partial charge in [-0.1, -0.05) is 43.7 Å². The first-order chi connectivity index (χ1) is 14.6. The molecule has 1 amide bonds. The van der Waals surface area contributed by atoms with E-state index in [9.17, 15) is 4.79 Å². The molecule has 1 aromatic carbocycles. The fraction of sp³-hybridized carbons (Fsp3) is 0.440. The van der Waals surface area contributed by atoms with Crippen LogP contribution >= 0.6 is 0 Å². The number of nitrogens with zero attached hydrogens (tertiary/aromatic N) is 3. The summed E-state index contributed by atoms with van der Waals surface area (Å²) in [6.45, 7) is 7.69. The molecule has 0 unspecified atom stereocenters. The number of amides is 1. The van der Waals surface area contributed by atoms with E-state index in [4.69, 9.17) is 4.74 Å². The Labute approximate surface area is 180 Å². The molecule has 0 aliphatic carbocycles. The van der Waals surface area contributed by atoms with Crippen molar-refractivity contribution in [2.24, 2.45) is 5.92 Å². The number of ether oxygens (including phenoxy) is 1. The normalized spacial score (nSPS) is 16.1. The van der Waals surface area contributed by atoms with Gasteiger partial charge in [-0.05, 0) is 56.7 Å². The molecule has 0 N–H and O–H groups in total. The number of carbonyl (C=O) groups excluding carboxylic acids is 1. The Morgan fingerprint density at radius 1 is 1.23 bits per heavy atom. The smallest absolute Gasteiger partial charge is 0.257 e. The van der Waals surface area contributed by atoms with Gasteiger partial charge in [0, 0.05) is 13.1 Å². The fourth-order valence-corrected chi connectivity index (χ4v) is 4.22. The molecule has 1 aromatic heterocycles. The molecule has 1 aliphatic heterocycles. The molecule has 0 atom stereocenters. The average molecular weight is 408 g/mol. The predicted octanol–water partition coefficient (Wildman–Crippen LogP) is 5.17. The molecule has 0 spiro atoms. The third-order valence-corrected chi connectivity index (χ3v) is 5.87. The van der Waals surface area contributed by atoms with Crippen LogP contribution in [0.2, 0.25) is 0 Å². The third kappa shape index (κ3) is 4.66. The highest BCUT2D eigenvalue weighted by molar-refractivity contribution is 5.95. The maximum atomic E-state index is 13.4. The van der Waals surface area contributed by atoms with Crippen molar-refractivity contribution in [2.75, 3.05) is 20.2 Å². The number of rotatable bonds is 7. The summed E-state index contributed by atoms with van der Waals surface area (Å²) in [6, 6.07) is 10.0. The van der Waals surface area contributed by atoms with Gasteiger partial charge in [0.15, 0.2) is 0 Å². The molecule has 0 saturated carbocycles. The van der Waals surface area contributed by atoms with Crippen LogP contribution in [0.25, 0.3) is 5.69 Å². The van der Waals surface area contributed by atoms with Gasteiger partial charge < -0.3 is 9.64 Å². The van der Waals surface area contributed by atoms with Gasteiger partial charge in [-0.2, -0.15) is 5.10 Å². The predicted molar refractivity (Wildman–Crippen MR) is 121 cm³/mol. The van der Waals surface area contributed by atoms with Gasteiger partial charge in [0.1, 0.15) is 0 Å². The van der Waals surface area contributed by atoms with Crippen molar-refractivity contribution in [2.45, 2.75) is 46.5 Å². The molecule has 1 aliphatic rings. The lowest BCUT2D eigenvalue weighted by atomic mass is 9.87. The molecule has 0 bridgehead atoms. The van der Waals surface area contributed by atoms with E-state index in [-0.39, 0.29) is 5.91 Å². The number of carbonyl (C=O) groups is 1. The number of para-hydroxylation sites is 1. The molecule has 5 heteroatoms. The minimum atomic E-state index is 0.0964. The molecule has 30 heavy (non-hydrogen) atoms. The Bertz CT molecular complexity index is 904. The number of piperidine rings is 1. The summed E-state index contributed by atoms with van der Waals surface area (Å²) >= 11 is 0. The van der Waals surface area contributed by atoms with Crippen LogP contribution in [0.3, 0.4) is 0 Å². The minimum absolute atomic E-state index is 0.0964. The van der Waals surface area contributed by atoms with E-state index in [0.29, 0.717) is 5.92 Å². The first-order valence-electron chi connectivity index (χ1n) is 10.9. The van der Waals surface area contributed by atoms with Gasteiger partial charge in [-0.3, -0.25) is 4.79 Å². The van der Waals surface area contributed by atoms with E-state index in [1.54, 1.807) is 13.3 Å². The molecule has 1 saturated heterocycles. The molecular formula is C25H33N3O2. The van der Waals surface area contributed by atoms with Crippen LogP contribution in [0, 0.1) is 5.92 Å². The Balaban J connectivity index is 1.78. The maximum Gasteiger partial charge on any atom is 0.257 e. The highest BCUT2D eigenvalue weighted by atomic mass is 16.5. The summed E-state index contributed by atoms with van der Waals surface area (Å²) in [5, 5.41) is 4.56. The third-order valence-electron chi connectivity index (χ3n) is 5.87. The molecule has 2 heterocycles. The molecule has 0 radical (unpaired) electrons. The molecule has 1 fully saturated rings. The second-order valence-electron chi connectivity index (χ2n) is 7.78. The zero-order valence-corrected chi connectivity index (χ0v) is 18.6. The van der Waals surface area contributed by atoms with E-state index in [1.807, 2.05) is 53.8 Å². The second kappa shape index (κ2) is 10.3. The lowest BCUT2D eigenvalue weighted by Gasteiger charge is -2.33. The van der Waals surface area contributed by atoms with E-state index in [0.717, 1.165) is 61.5 Å². The summed E-state index contributed by atoms with van der Waals surface area (Å²) in [5.41, 5.74) is 3.97. The Morgan fingerprint density at radius 2 is 1.93 bits per heavy atom. The summed E-state index contributed by atoms with van der Waals surface area (Å²) in [7, 11) is 1.72. The van der Waals surface area contributed by atoms with Crippen molar-refractivity contribution in [3.05, 3.63) is 71.3 Å². The first-order valence-corrected chi connectivity index (χ1v) is 10.9. The van der Waals surface area contributed by atoms with Crippen molar-refractivity contribution < 1.29 is 9.53 Å². The summed E-state index contributed by atoms with van der Waals surface area (Å²) < 4.78 is 7.40. The number of likely N-dealkylation sites (tertiary alicyclic amines) is 1. The lowest BCUT2D eigenvalue weighted by molar-refractivity contribution is 0.0700. The molecule has 2 aromatic rings. The van der Waals surface area contributed by atoms with Crippen molar-refractivity contribution in [1.82, 2.24) is 14.7 Å². The van der Waals surface area contributed by atoms with Crippen LogP contribution in [-0.4, -0.2) is 40.8 Å². The topological polar surface area (TPSA) is 47.4 Å². The SMILES string of the molecule is C/C=C\C(=C(/C)OC)C1CCN(C(=O)c2cnn(-c3ccccc3)c2CCC)CC1.